The van der Waals surface area contributed by atoms with E-state index in [2.05, 4.69) is 24.4 Å². The molecule has 0 aromatic rings. The van der Waals surface area contributed by atoms with E-state index in [0.717, 1.165) is 26.1 Å². The minimum Gasteiger partial charge on any atom is -0.480 e. The molecule has 0 fully saturated rings. The van der Waals surface area contributed by atoms with Crippen molar-refractivity contribution in [2.45, 2.75) is 96.8 Å². The van der Waals surface area contributed by atoms with Gasteiger partial charge in [-0.2, -0.15) is 0 Å². The van der Waals surface area contributed by atoms with E-state index < -0.39 is 5.97 Å². The van der Waals surface area contributed by atoms with Gasteiger partial charge in [0.05, 0.1) is 13.2 Å². The summed E-state index contributed by atoms with van der Waals surface area (Å²) < 4.78 is 0. The third-order valence-corrected chi connectivity index (χ3v) is 5.24. The molecule has 3 N–H and O–H groups in total. The van der Waals surface area contributed by atoms with Crippen LogP contribution in [0.1, 0.15) is 96.8 Å². The van der Waals surface area contributed by atoms with Gasteiger partial charge >= 0.3 is 5.97 Å². The molecule has 0 aromatic carbocycles. The highest BCUT2D eigenvalue weighted by Crippen LogP contribution is 2.10. The fraction of sp³-hybridized carbons (Fsp3) is 0.875. The lowest BCUT2D eigenvalue weighted by molar-refractivity contribution is -0.138. The van der Waals surface area contributed by atoms with Crippen LogP contribution in [0, 0.1) is 0 Å². The highest BCUT2D eigenvalue weighted by atomic mass is 16.4. The summed E-state index contributed by atoms with van der Waals surface area (Å²) in [4.78, 5) is 13.0. The quantitative estimate of drug-likeness (QED) is 0.163. The number of unbranched alkanes of at least 4 members (excludes halogenated alkanes) is 12. The molecule has 0 bridgehead atoms. The van der Waals surface area contributed by atoms with Crippen LogP contribution < -0.4 is 5.32 Å². The van der Waals surface area contributed by atoms with E-state index >= 15 is 0 Å². The maximum atomic E-state index is 11.0. The Labute approximate surface area is 180 Å². The first-order valence-electron chi connectivity index (χ1n) is 12.1. The van der Waals surface area contributed by atoms with Gasteiger partial charge in [-0.15, -0.1) is 0 Å². The molecule has 0 saturated carbocycles. The Morgan fingerprint density at radius 3 is 1.90 bits per heavy atom. The van der Waals surface area contributed by atoms with Gasteiger partial charge in [-0.1, -0.05) is 76.9 Å². The van der Waals surface area contributed by atoms with E-state index in [9.17, 15) is 4.79 Å². The van der Waals surface area contributed by atoms with Crippen LogP contribution >= 0.6 is 0 Å². The summed E-state index contributed by atoms with van der Waals surface area (Å²) in [6, 6.07) is 0. The second kappa shape index (κ2) is 23.4. The van der Waals surface area contributed by atoms with Crippen LogP contribution in [0.25, 0.3) is 0 Å². The van der Waals surface area contributed by atoms with Crippen molar-refractivity contribution in [1.82, 2.24) is 10.2 Å². The number of aliphatic carboxylic acids is 1. The van der Waals surface area contributed by atoms with E-state index in [4.69, 9.17) is 10.2 Å². The van der Waals surface area contributed by atoms with Gasteiger partial charge in [-0.25, -0.2) is 0 Å². The van der Waals surface area contributed by atoms with Crippen LogP contribution in [-0.4, -0.2) is 60.4 Å². The molecule has 0 aliphatic heterocycles. The number of aliphatic hydroxyl groups excluding tert-OH is 1. The van der Waals surface area contributed by atoms with Crippen LogP contribution in [0.3, 0.4) is 0 Å². The Hall–Kier alpha value is -0.910. The van der Waals surface area contributed by atoms with Crippen LogP contribution in [0.2, 0.25) is 0 Å². The number of hydrogen-bond donors (Lipinski definition) is 3. The molecule has 0 aromatic heterocycles. The molecule has 0 amide bonds. The Bertz CT molecular complexity index is 375. The van der Waals surface area contributed by atoms with Gasteiger partial charge in [0.15, 0.2) is 0 Å². The fourth-order valence-electron chi connectivity index (χ4n) is 3.49. The van der Waals surface area contributed by atoms with Gasteiger partial charge < -0.3 is 15.5 Å². The largest absolute Gasteiger partial charge is 0.480 e. The second-order valence-electron chi connectivity index (χ2n) is 8.08. The number of hydrogen-bond acceptors (Lipinski definition) is 4. The summed E-state index contributed by atoms with van der Waals surface area (Å²) >= 11 is 0. The predicted molar refractivity (Wildman–Crippen MR) is 123 cm³/mol. The number of carboxylic acid groups (broad SMARTS) is 1. The molecule has 0 rings (SSSR count). The summed E-state index contributed by atoms with van der Waals surface area (Å²) in [6.45, 7) is 5.33. The fourth-order valence-corrected chi connectivity index (χ4v) is 3.49. The molecular weight excluding hydrogens is 364 g/mol. The van der Waals surface area contributed by atoms with Gasteiger partial charge in [0.25, 0.3) is 0 Å². The van der Waals surface area contributed by atoms with Gasteiger partial charge in [-0.3, -0.25) is 9.69 Å². The van der Waals surface area contributed by atoms with E-state index in [1.165, 1.54) is 83.5 Å². The lowest BCUT2D eigenvalue weighted by Crippen LogP contribution is -2.37. The van der Waals surface area contributed by atoms with Crippen molar-refractivity contribution in [3.63, 3.8) is 0 Å². The molecule has 0 unspecified atom stereocenters. The summed E-state index contributed by atoms with van der Waals surface area (Å²) in [7, 11) is 0. The Balaban J connectivity index is 3.46. The average molecular weight is 413 g/mol. The summed E-state index contributed by atoms with van der Waals surface area (Å²) in [5, 5.41) is 20.9. The molecule has 5 heteroatoms. The minimum absolute atomic E-state index is 0.103. The first-order chi connectivity index (χ1) is 14.2. The highest BCUT2D eigenvalue weighted by Gasteiger charge is 2.08. The van der Waals surface area contributed by atoms with E-state index in [0.29, 0.717) is 6.54 Å². The number of nitrogens with one attached hydrogen (secondary N) is 1. The number of carboxylic acids is 1. The minimum atomic E-state index is -0.767. The van der Waals surface area contributed by atoms with Crippen molar-refractivity contribution in [1.29, 1.82) is 0 Å². The van der Waals surface area contributed by atoms with Crippen LogP contribution in [-0.2, 0) is 4.79 Å². The van der Waals surface area contributed by atoms with Crippen molar-refractivity contribution in [2.24, 2.45) is 0 Å². The predicted octanol–water partition coefficient (Wildman–Crippen LogP) is 4.99. The van der Waals surface area contributed by atoms with Crippen molar-refractivity contribution in [2.75, 3.05) is 39.3 Å². The molecule has 0 atom stereocenters. The molecular formula is C24H48N2O3. The number of carbonyl (C=O) groups is 1. The Morgan fingerprint density at radius 1 is 0.793 bits per heavy atom. The zero-order valence-electron chi connectivity index (χ0n) is 19.0. The smallest absolute Gasteiger partial charge is 0.317 e. The zero-order valence-corrected chi connectivity index (χ0v) is 19.0. The van der Waals surface area contributed by atoms with Crippen LogP contribution in [0.4, 0.5) is 0 Å². The number of aliphatic hydroxyl groups is 1. The normalized spacial score (nSPS) is 11.7. The van der Waals surface area contributed by atoms with E-state index in [1.807, 2.05) is 4.90 Å². The number of rotatable bonds is 23. The molecule has 0 radical (unpaired) electrons. The summed E-state index contributed by atoms with van der Waals surface area (Å²) in [6.07, 6.45) is 22.8. The number of allylic oxidation sites excluding steroid dienone is 2. The topological polar surface area (TPSA) is 72.8 Å². The molecule has 5 nitrogen and oxygen atoms in total. The molecule has 29 heavy (non-hydrogen) atoms. The average Bonchev–Trinajstić information content (AvgIpc) is 2.70. The second-order valence-corrected chi connectivity index (χ2v) is 8.08. The molecule has 172 valence electrons. The van der Waals surface area contributed by atoms with Crippen molar-refractivity contribution in [3.05, 3.63) is 12.2 Å². The van der Waals surface area contributed by atoms with Gasteiger partial charge in [0, 0.05) is 19.6 Å². The van der Waals surface area contributed by atoms with E-state index in [1.54, 1.807) is 0 Å². The summed E-state index contributed by atoms with van der Waals surface area (Å²) in [5.74, 6) is -0.767. The van der Waals surface area contributed by atoms with Gasteiger partial charge in [0.2, 0.25) is 0 Å². The maximum absolute atomic E-state index is 11.0. The van der Waals surface area contributed by atoms with Crippen molar-refractivity contribution < 1.29 is 15.0 Å². The SMILES string of the molecule is CCCCCCCC/C=C\CCCCCCCCN(CCNCCO)CC(=O)O. The molecule has 0 heterocycles. The van der Waals surface area contributed by atoms with Crippen molar-refractivity contribution in [3.8, 4) is 0 Å². The van der Waals surface area contributed by atoms with Crippen molar-refractivity contribution >= 4 is 5.97 Å². The monoisotopic (exact) mass is 412 g/mol. The number of nitrogens with zero attached hydrogens (tertiary/aromatic N) is 1. The van der Waals surface area contributed by atoms with E-state index in [-0.39, 0.29) is 13.2 Å². The lowest BCUT2D eigenvalue weighted by atomic mass is 10.1. The summed E-state index contributed by atoms with van der Waals surface area (Å²) in [5.41, 5.74) is 0. The molecule has 0 aliphatic rings. The third-order valence-electron chi connectivity index (χ3n) is 5.24. The van der Waals surface area contributed by atoms with Crippen LogP contribution in [0.15, 0.2) is 12.2 Å². The standard InChI is InChI=1S/C24H48N2O3/c1-2-3-4-5-6-7-8-9-10-11-12-13-14-15-16-17-20-26(23-24(28)29)21-18-25-19-22-27/h9-10,25,27H,2-8,11-23H2,1H3,(H,28,29)/b10-9-. The highest BCUT2D eigenvalue weighted by molar-refractivity contribution is 5.69. The Kier molecular flexibility index (Phi) is 22.6. The van der Waals surface area contributed by atoms with Gasteiger partial charge in [0.1, 0.15) is 0 Å². The first kappa shape index (κ1) is 28.1. The third kappa shape index (κ3) is 23.2. The molecule has 0 saturated heterocycles. The first-order valence-corrected chi connectivity index (χ1v) is 12.1. The zero-order chi connectivity index (χ0) is 21.4. The molecule has 0 aliphatic carbocycles. The Morgan fingerprint density at radius 2 is 1.34 bits per heavy atom. The molecule has 0 spiro atoms. The maximum Gasteiger partial charge on any atom is 0.317 e. The van der Waals surface area contributed by atoms with Gasteiger partial charge in [-0.05, 0) is 38.6 Å². The van der Waals surface area contributed by atoms with Crippen LogP contribution in [0.5, 0.6) is 0 Å². The lowest BCUT2D eigenvalue weighted by Gasteiger charge is -2.20.